The fourth-order valence-corrected chi connectivity index (χ4v) is 1.25. The standard InChI is InChI=1S/C9H10INO/c1-11(2)8-5-3-7(4-6-8)9(10)12/h3-6H,1-2H3. The van der Waals surface area contributed by atoms with E-state index < -0.39 is 0 Å². The molecule has 0 saturated heterocycles. The Hall–Kier alpha value is -0.580. The lowest BCUT2D eigenvalue weighted by Crippen LogP contribution is -2.08. The monoisotopic (exact) mass is 275 g/mol. The van der Waals surface area contributed by atoms with Crippen LogP contribution < -0.4 is 4.90 Å². The topological polar surface area (TPSA) is 20.3 Å². The van der Waals surface area contributed by atoms with Gasteiger partial charge in [-0.1, -0.05) is 0 Å². The number of rotatable bonds is 2. The molecule has 1 aromatic carbocycles. The molecule has 0 aliphatic carbocycles. The van der Waals surface area contributed by atoms with Crippen molar-refractivity contribution in [1.29, 1.82) is 0 Å². The van der Waals surface area contributed by atoms with Crippen LogP contribution in [0.3, 0.4) is 0 Å². The van der Waals surface area contributed by atoms with Crippen LogP contribution in [0.15, 0.2) is 24.3 Å². The molecule has 0 aromatic heterocycles. The highest BCUT2D eigenvalue weighted by Gasteiger charge is 2.00. The normalized spacial score (nSPS) is 9.58. The minimum Gasteiger partial charge on any atom is -0.378 e. The van der Waals surface area contributed by atoms with E-state index in [4.69, 9.17) is 0 Å². The molecule has 0 aliphatic rings. The van der Waals surface area contributed by atoms with Gasteiger partial charge in [-0.2, -0.15) is 0 Å². The lowest BCUT2D eigenvalue weighted by atomic mass is 10.2. The molecule has 2 nitrogen and oxygen atoms in total. The molecular weight excluding hydrogens is 265 g/mol. The van der Waals surface area contributed by atoms with E-state index in [-0.39, 0.29) is 3.79 Å². The molecule has 64 valence electrons. The summed E-state index contributed by atoms with van der Waals surface area (Å²) in [7, 11) is 3.95. The first-order chi connectivity index (χ1) is 5.61. The molecule has 0 saturated carbocycles. The number of nitrogens with zero attached hydrogens (tertiary/aromatic N) is 1. The predicted octanol–water partition coefficient (Wildman–Crippen LogP) is 2.33. The van der Waals surface area contributed by atoms with Crippen molar-refractivity contribution in [3.63, 3.8) is 0 Å². The van der Waals surface area contributed by atoms with Crippen LogP contribution in [0.4, 0.5) is 5.69 Å². The number of carbonyl (C=O) groups excluding carboxylic acids is 1. The van der Waals surface area contributed by atoms with Crippen molar-refractivity contribution in [3.8, 4) is 0 Å². The Morgan fingerprint density at radius 3 is 2.08 bits per heavy atom. The van der Waals surface area contributed by atoms with E-state index in [1.54, 1.807) is 22.6 Å². The van der Waals surface area contributed by atoms with E-state index >= 15 is 0 Å². The second-order valence-corrected chi connectivity index (χ2v) is 3.69. The van der Waals surface area contributed by atoms with Crippen molar-refractivity contribution < 1.29 is 4.79 Å². The Balaban J connectivity index is 2.93. The highest BCUT2D eigenvalue weighted by atomic mass is 127. The van der Waals surface area contributed by atoms with Crippen molar-refractivity contribution in [2.45, 2.75) is 0 Å². The second kappa shape index (κ2) is 3.89. The molecule has 0 bridgehead atoms. The average molecular weight is 275 g/mol. The number of hydrogen-bond donors (Lipinski definition) is 0. The fourth-order valence-electron chi connectivity index (χ4n) is 0.891. The molecule has 0 unspecified atom stereocenters. The Bertz CT molecular complexity index is 279. The molecule has 0 atom stereocenters. The molecule has 0 radical (unpaired) electrons. The first kappa shape index (κ1) is 9.51. The fraction of sp³-hybridized carbons (Fsp3) is 0.222. The highest BCUT2D eigenvalue weighted by Crippen LogP contribution is 2.13. The summed E-state index contributed by atoms with van der Waals surface area (Å²) in [5.74, 6) is 0. The molecule has 0 fully saturated rings. The second-order valence-electron chi connectivity index (χ2n) is 2.72. The summed E-state index contributed by atoms with van der Waals surface area (Å²) < 4.78 is 0.0814. The Morgan fingerprint density at radius 2 is 1.75 bits per heavy atom. The predicted molar refractivity (Wildman–Crippen MR) is 59.1 cm³/mol. The molecule has 3 heteroatoms. The van der Waals surface area contributed by atoms with Gasteiger partial charge in [0.15, 0.2) is 0 Å². The average Bonchev–Trinajstić information content (AvgIpc) is 2.04. The maximum Gasteiger partial charge on any atom is 0.222 e. The molecule has 0 heterocycles. The van der Waals surface area contributed by atoms with Crippen molar-refractivity contribution in [2.75, 3.05) is 19.0 Å². The zero-order chi connectivity index (χ0) is 9.14. The Labute approximate surface area is 85.7 Å². The summed E-state index contributed by atoms with van der Waals surface area (Å²) in [5.41, 5.74) is 1.86. The van der Waals surface area contributed by atoms with Gasteiger partial charge < -0.3 is 4.90 Å². The number of anilines is 1. The number of benzene rings is 1. The molecule has 1 rings (SSSR count). The van der Waals surface area contributed by atoms with Crippen LogP contribution in [0.2, 0.25) is 0 Å². The quantitative estimate of drug-likeness (QED) is 0.610. The summed E-state index contributed by atoms with van der Waals surface area (Å²) in [6.07, 6.45) is 0. The van der Waals surface area contributed by atoms with Crippen LogP contribution in [0.5, 0.6) is 0 Å². The molecule has 0 N–H and O–H groups in total. The van der Waals surface area contributed by atoms with E-state index in [1.807, 2.05) is 43.3 Å². The SMILES string of the molecule is CN(C)c1ccc(C(=O)I)cc1. The molecule has 0 aliphatic heterocycles. The van der Waals surface area contributed by atoms with Crippen LogP contribution in [-0.2, 0) is 0 Å². The van der Waals surface area contributed by atoms with Crippen molar-refractivity contribution in [3.05, 3.63) is 29.8 Å². The third-order valence-electron chi connectivity index (χ3n) is 1.61. The summed E-state index contributed by atoms with van der Waals surface area (Å²) in [6.45, 7) is 0. The maximum absolute atomic E-state index is 10.9. The van der Waals surface area contributed by atoms with Gasteiger partial charge in [0.25, 0.3) is 0 Å². The van der Waals surface area contributed by atoms with Gasteiger partial charge in [-0.05, 0) is 24.3 Å². The van der Waals surface area contributed by atoms with Crippen molar-refractivity contribution >= 4 is 32.1 Å². The zero-order valence-corrected chi connectivity index (χ0v) is 9.20. The van der Waals surface area contributed by atoms with Gasteiger partial charge >= 0.3 is 0 Å². The zero-order valence-electron chi connectivity index (χ0n) is 7.04. The van der Waals surface area contributed by atoms with E-state index in [0.29, 0.717) is 0 Å². The third-order valence-corrected chi connectivity index (χ3v) is 2.23. The number of halogens is 1. The van der Waals surface area contributed by atoms with E-state index in [0.717, 1.165) is 11.3 Å². The largest absolute Gasteiger partial charge is 0.378 e. The summed E-state index contributed by atoms with van der Waals surface area (Å²) >= 11 is 1.78. The number of hydrogen-bond acceptors (Lipinski definition) is 2. The molecule has 0 spiro atoms. The van der Waals surface area contributed by atoms with Gasteiger partial charge in [0.05, 0.1) is 0 Å². The lowest BCUT2D eigenvalue weighted by molar-refractivity contribution is 0.110. The first-order valence-corrected chi connectivity index (χ1v) is 4.66. The van der Waals surface area contributed by atoms with Crippen molar-refractivity contribution in [1.82, 2.24) is 0 Å². The van der Waals surface area contributed by atoms with E-state index in [2.05, 4.69) is 0 Å². The lowest BCUT2D eigenvalue weighted by Gasteiger charge is -2.11. The summed E-state index contributed by atoms with van der Waals surface area (Å²) in [6, 6.07) is 7.55. The van der Waals surface area contributed by atoms with Gasteiger partial charge in [-0.25, -0.2) is 0 Å². The van der Waals surface area contributed by atoms with Gasteiger partial charge in [-0.15, -0.1) is 0 Å². The van der Waals surface area contributed by atoms with Gasteiger partial charge in [0.1, 0.15) is 0 Å². The number of carbonyl (C=O) groups is 1. The highest BCUT2D eigenvalue weighted by molar-refractivity contribution is 14.1. The third kappa shape index (κ3) is 2.20. The minimum atomic E-state index is 0.0814. The van der Waals surface area contributed by atoms with E-state index in [1.165, 1.54) is 0 Å². The minimum absolute atomic E-state index is 0.0814. The van der Waals surface area contributed by atoms with Gasteiger partial charge in [-0.3, -0.25) is 4.79 Å². The van der Waals surface area contributed by atoms with Crippen LogP contribution in [0.25, 0.3) is 0 Å². The molecular formula is C9H10INO. The first-order valence-electron chi connectivity index (χ1n) is 3.58. The van der Waals surface area contributed by atoms with Crippen LogP contribution in [0, 0.1) is 0 Å². The summed E-state index contributed by atoms with van der Waals surface area (Å²) in [4.78, 5) is 12.9. The Morgan fingerprint density at radius 1 is 1.25 bits per heavy atom. The maximum atomic E-state index is 10.9. The summed E-state index contributed by atoms with van der Waals surface area (Å²) in [5, 5.41) is 0. The van der Waals surface area contributed by atoms with E-state index in [9.17, 15) is 4.79 Å². The van der Waals surface area contributed by atoms with Crippen LogP contribution >= 0.6 is 22.6 Å². The van der Waals surface area contributed by atoms with Crippen molar-refractivity contribution in [2.24, 2.45) is 0 Å². The van der Waals surface area contributed by atoms with Gasteiger partial charge in [0, 0.05) is 47.9 Å². The smallest absolute Gasteiger partial charge is 0.222 e. The van der Waals surface area contributed by atoms with Crippen LogP contribution in [0.1, 0.15) is 10.4 Å². The molecule has 1 aromatic rings. The van der Waals surface area contributed by atoms with Gasteiger partial charge in [0.2, 0.25) is 3.79 Å². The Kier molecular flexibility index (Phi) is 3.08. The molecule has 12 heavy (non-hydrogen) atoms. The van der Waals surface area contributed by atoms with Crippen LogP contribution in [-0.4, -0.2) is 17.9 Å². The molecule has 0 amide bonds.